The van der Waals surface area contributed by atoms with Crippen molar-refractivity contribution in [3.8, 4) is 11.5 Å². The molecule has 1 heterocycles. The van der Waals surface area contributed by atoms with E-state index in [1.54, 1.807) is 24.3 Å². The normalized spacial score (nSPS) is 15.6. The minimum atomic E-state index is -1.08. The molecule has 1 saturated heterocycles. The van der Waals surface area contributed by atoms with Gasteiger partial charge in [0.2, 0.25) is 0 Å². The van der Waals surface area contributed by atoms with E-state index in [0.717, 1.165) is 0 Å². The molecule has 110 valence electrons. The van der Waals surface area contributed by atoms with Gasteiger partial charge in [-0.1, -0.05) is 6.07 Å². The molecule has 0 aliphatic carbocycles. The van der Waals surface area contributed by atoms with E-state index >= 15 is 0 Å². The molecule has 7 nitrogen and oxygen atoms in total. The number of nitrogens with one attached hydrogen (secondary N) is 2. The molecular weight excluding hydrogens is 296 g/mol. The van der Waals surface area contributed by atoms with Crippen molar-refractivity contribution in [2.75, 3.05) is 13.7 Å². The van der Waals surface area contributed by atoms with Gasteiger partial charge in [0.05, 0.1) is 7.11 Å². The highest BCUT2D eigenvalue weighted by atomic mass is 32.1. The first-order valence-corrected chi connectivity index (χ1v) is 6.27. The summed E-state index contributed by atoms with van der Waals surface area (Å²) in [7, 11) is 1.44. The first-order valence-electron chi connectivity index (χ1n) is 5.86. The molecule has 0 aromatic heterocycles. The number of hydrogen-bond acceptors (Lipinski definition) is 5. The Bertz CT molecular complexity index is 641. The number of ether oxygens (including phenoxy) is 2. The summed E-state index contributed by atoms with van der Waals surface area (Å²) < 4.78 is 10.2. The first kappa shape index (κ1) is 14.8. The highest BCUT2D eigenvalue weighted by molar-refractivity contribution is 7.80. The Morgan fingerprint density at radius 2 is 2.14 bits per heavy atom. The Morgan fingerprint density at radius 1 is 1.38 bits per heavy atom. The van der Waals surface area contributed by atoms with Gasteiger partial charge < -0.3 is 19.9 Å². The molecule has 1 fully saturated rings. The van der Waals surface area contributed by atoms with Gasteiger partial charge in [-0.2, -0.15) is 0 Å². The summed E-state index contributed by atoms with van der Waals surface area (Å²) in [5.41, 5.74) is 0.998. The van der Waals surface area contributed by atoms with Gasteiger partial charge in [0.25, 0.3) is 5.91 Å². The van der Waals surface area contributed by atoms with Gasteiger partial charge in [-0.15, -0.1) is 0 Å². The molecule has 0 bridgehead atoms. The van der Waals surface area contributed by atoms with Crippen LogP contribution in [0.25, 0.3) is 6.08 Å². The van der Waals surface area contributed by atoms with E-state index in [1.807, 2.05) is 0 Å². The van der Waals surface area contributed by atoms with E-state index in [-0.39, 0.29) is 11.0 Å². The maximum Gasteiger partial charge on any atom is 0.341 e. The topological polar surface area (TPSA) is 96.9 Å². The number of methoxy groups -OCH3 is 1. The van der Waals surface area contributed by atoms with Gasteiger partial charge in [0, 0.05) is 0 Å². The summed E-state index contributed by atoms with van der Waals surface area (Å²) >= 11 is 4.83. The van der Waals surface area contributed by atoms with Crippen LogP contribution in [0.15, 0.2) is 23.9 Å². The SMILES string of the molecule is COc1cc(C=C2NC(=S)NC2=O)ccc1OCC(=O)O. The average molecular weight is 308 g/mol. The second-order valence-corrected chi connectivity index (χ2v) is 4.47. The van der Waals surface area contributed by atoms with Crippen molar-refractivity contribution in [2.45, 2.75) is 0 Å². The molecule has 0 atom stereocenters. The summed E-state index contributed by atoms with van der Waals surface area (Å²) in [6.07, 6.45) is 1.60. The quantitative estimate of drug-likeness (QED) is 0.538. The van der Waals surface area contributed by atoms with Crippen LogP contribution in [0.5, 0.6) is 11.5 Å². The molecule has 8 heteroatoms. The van der Waals surface area contributed by atoms with Crippen molar-refractivity contribution >= 4 is 35.3 Å². The van der Waals surface area contributed by atoms with Crippen LogP contribution >= 0.6 is 12.2 Å². The number of carboxylic acid groups (broad SMARTS) is 1. The second kappa shape index (κ2) is 6.23. The molecule has 0 unspecified atom stereocenters. The van der Waals surface area contributed by atoms with Crippen LogP contribution in [0, 0.1) is 0 Å². The number of carbonyl (C=O) groups excluding carboxylic acids is 1. The third-order valence-electron chi connectivity index (χ3n) is 2.57. The van der Waals surface area contributed by atoms with Gasteiger partial charge in [-0.05, 0) is 36.0 Å². The van der Waals surface area contributed by atoms with Gasteiger partial charge in [-0.3, -0.25) is 10.1 Å². The highest BCUT2D eigenvalue weighted by Crippen LogP contribution is 2.28. The van der Waals surface area contributed by atoms with Crippen molar-refractivity contribution in [1.29, 1.82) is 0 Å². The van der Waals surface area contributed by atoms with Gasteiger partial charge in [-0.25, -0.2) is 4.79 Å². The standard InChI is InChI=1S/C13H12N2O5S/c1-19-10-5-7(2-3-9(10)20-6-11(16)17)4-8-12(18)15-13(21)14-8/h2-5H,6H2,1H3,(H,16,17)(H2,14,15,18,21). The Morgan fingerprint density at radius 3 is 2.71 bits per heavy atom. The van der Waals surface area contributed by atoms with Crippen LogP contribution in [0.3, 0.4) is 0 Å². The molecule has 0 spiro atoms. The van der Waals surface area contributed by atoms with Crippen molar-refractivity contribution in [1.82, 2.24) is 10.6 Å². The maximum atomic E-state index is 11.5. The van der Waals surface area contributed by atoms with Crippen molar-refractivity contribution in [3.05, 3.63) is 29.5 Å². The van der Waals surface area contributed by atoms with Gasteiger partial charge >= 0.3 is 5.97 Å². The molecular formula is C13H12N2O5S. The van der Waals surface area contributed by atoms with E-state index in [1.165, 1.54) is 7.11 Å². The minimum absolute atomic E-state index is 0.250. The lowest BCUT2D eigenvalue weighted by atomic mass is 10.1. The molecule has 0 radical (unpaired) electrons. The van der Waals surface area contributed by atoms with E-state index in [4.69, 9.17) is 26.8 Å². The first-order chi connectivity index (χ1) is 9.99. The number of carboxylic acids is 1. The third-order valence-corrected chi connectivity index (χ3v) is 2.77. The molecule has 21 heavy (non-hydrogen) atoms. The average Bonchev–Trinajstić information content (AvgIpc) is 2.75. The monoisotopic (exact) mass is 308 g/mol. The van der Waals surface area contributed by atoms with Crippen LogP contribution in [0.4, 0.5) is 0 Å². The van der Waals surface area contributed by atoms with Crippen LogP contribution < -0.4 is 20.1 Å². The number of aliphatic carboxylic acids is 1. The zero-order chi connectivity index (χ0) is 15.4. The van der Waals surface area contributed by atoms with E-state index < -0.39 is 12.6 Å². The predicted octanol–water partition coefficient (Wildman–Crippen LogP) is 0.504. The fourth-order valence-corrected chi connectivity index (χ4v) is 1.88. The van der Waals surface area contributed by atoms with E-state index in [0.29, 0.717) is 22.8 Å². The van der Waals surface area contributed by atoms with Crippen LogP contribution in [-0.2, 0) is 9.59 Å². The van der Waals surface area contributed by atoms with Crippen molar-refractivity contribution in [2.24, 2.45) is 0 Å². The lowest BCUT2D eigenvalue weighted by Crippen LogP contribution is -2.21. The smallest absolute Gasteiger partial charge is 0.341 e. The van der Waals surface area contributed by atoms with Crippen molar-refractivity contribution in [3.63, 3.8) is 0 Å². The molecule has 1 aromatic rings. The number of carbonyl (C=O) groups is 2. The molecule has 1 aliphatic rings. The zero-order valence-corrected chi connectivity index (χ0v) is 11.8. The number of thiocarbonyl (C=S) groups is 1. The van der Waals surface area contributed by atoms with E-state index in [2.05, 4.69) is 10.6 Å². The summed E-state index contributed by atoms with van der Waals surface area (Å²) in [5, 5.41) is 14.0. The fraction of sp³-hybridized carbons (Fsp3) is 0.154. The fourth-order valence-electron chi connectivity index (χ4n) is 1.68. The summed E-state index contributed by atoms with van der Waals surface area (Å²) in [6, 6.07) is 4.86. The minimum Gasteiger partial charge on any atom is -0.493 e. The maximum absolute atomic E-state index is 11.5. The van der Waals surface area contributed by atoms with Crippen LogP contribution in [0.1, 0.15) is 5.56 Å². The lowest BCUT2D eigenvalue weighted by molar-refractivity contribution is -0.139. The van der Waals surface area contributed by atoms with Crippen LogP contribution in [-0.4, -0.2) is 35.8 Å². The molecule has 2 rings (SSSR count). The largest absolute Gasteiger partial charge is 0.493 e. The van der Waals surface area contributed by atoms with Crippen LogP contribution in [0.2, 0.25) is 0 Å². The number of amides is 1. The van der Waals surface area contributed by atoms with Crippen molar-refractivity contribution < 1.29 is 24.2 Å². The lowest BCUT2D eigenvalue weighted by Gasteiger charge is -2.09. The summed E-state index contributed by atoms with van der Waals surface area (Å²) in [6.45, 7) is -0.463. The molecule has 0 saturated carbocycles. The number of hydrogen-bond donors (Lipinski definition) is 3. The Balaban J connectivity index is 2.23. The molecule has 3 N–H and O–H groups in total. The third kappa shape index (κ3) is 3.69. The Hall–Kier alpha value is -2.61. The number of rotatable bonds is 5. The number of benzene rings is 1. The predicted molar refractivity (Wildman–Crippen MR) is 78.0 cm³/mol. The van der Waals surface area contributed by atoms with Gasteiger partial charge in [0.1, 0.15) is 5.70 Å². The highest BCUT2D eigenvalue weighted by Gasteiger charge is 2.20. The van der Waals surface area contributed by atoms with Gasteiger partial charge in [0.15, 0.2) is 23.2 Å². The molecule has 1 aromatic carbocycles. The Labute approximate surface area is 125 Å². The Kier molecular flexibility index (Phi) is 4.39. The second-order valence-electron chi connectivity index (χ2n) is 4.06. The molecule has 1 aliphatic heterocycles. The molecule has 1 amide bonds. The zero-order valence-electron chi connectivity index (χ0n) is 11.0. The van der Waals surface area contributed by atoms with E-state index in [9.17, 15) is 9.59 Å². The summed E-state index contributed by atoms with van der Waals surface area (Å²) in [4.78, 5) is 22.0. The summed E-state index contributed by atoms with van der Waals surface area (Å²) in [5.74, 6) is -0.721.